The van der Waals surface area contributed by atoms with Crippen LogP contribution in [0.25, 0.3) is 0 Å². The molecule has 6 heteroatoms. The molecule has 0 aliphatic carbocycles. The van der Waals surface area contributed by atoms with Crippen molar-refractivity contribution in [3.63, 3.8) is 0 Å². The number of hydrogen-bond donors (Lipinski definition) is 3. The molecule has 0 unspecified atom stereocenters. The molecule has 1 aliphatic heterocycles. The van der Waals surface area contributed by atoms with Crippen LogP contribution >= 0.6 is 0 Å². The first-order valence-electron chi connectivity index (χ1n) is 7.37. The molecule has 0 spiro atoms. The predicted molar refractivity (Wildman–Crippen MR) is 85.2 cm³/mol. The second-order valence-electron chi connectivity index (χ2n) is 5.50. The fourth-order valence-corrected chi connectivity index (χ4v) is 2.18. The lowest BCUT2D eigenvalue weighted by atomic mass is 10.0. The van der Waals surface area contributed by atoms with Crippen LogP contribution in [0.1, 0.15) is 16.1 Å². The maximum absolute atomic E-state index is 12.2. The van der Waals surface area contributed by atoms with Crippen LogP contribution in [0.15, 0.2) is 36.4 Å². The van der Waals surface area contributed by atoms with E-state index in [4.69, 9.17) is 0 Å². The number of nitrogens with one attached hydrogen (secondary N) is 3. The molecule has 1 amide bonds. The van der Waals surface area contributed by atoms with Crippen LogP contribution in [-0.4, -0.2) is 35.7 Å². The van der Waals surface area contributed by atoms with Crippen LogP contribution < -0.4 is 16.0 Å². The van der Waals surface area contributed by atoms with Gasteiger partial charge in [0.25, 0.3) is 5.91 Å². The number of carbonyl (C=O) groups excluding carboxylic acids is 1. The van der Waals surface area contributed by atoms with Gasteiger partial charge in [0.1, 0.15) is 0 Å². The Kier molecular flexibility index (Phi) is 4.29. The minimum absolute atomic E-state index is 0.0504. The van der Waals surface area contributed by atoms with Gasteiger partial charge < -0.3 is 16.0 Å². The monoisotopic (exact) mass is 297 g/mol. The molecule has 1 fully saturated rings. The van der Waals surface area contributed by atoms with Crippen molar-refractivity contribution in [3.05, 3.63) is 47.7 Å². The van der Waals surface area contributed by atoms with Crippen molar-refractivity contribution in [2.75, 3.05) is 25.0 Å². The molecule has 1 aromatic heterocycles. The second kappa shape index (κ2) is 6.53. The summed E-state index contributed by atoms with van der Waals surface area (Å²) in [4.78, 5) is 12.2. The summed E-state index contributed by atoms with van der Waals surface area (Å²) in [5.74, 6) is 1.15. The zero-order valence-electron chi connectivity index (χ0n) is 12.5. The summed E-state index contributed by atoms with van der Waals surface area (Å²) in [5, 5.41) is 17.4. The normalized spacial score (nSPS) is 14.2. The van der Waals surface area contributed by atoms with E-state index in [-0.39, 0.29) is 5.91 Å². The van der Waals surface area contributed by atoms with Gasteiger partial charge in [-0.15, -0.1) is 5.10 Å². The van der Waals surface area contributed by atoms with Crippen LogP contribution in [0.5, 0.6) is 0 Å². The predicted octanol–water partition coefficient (Wildman–Crippen LogP) is 1.48. The summed E-state index contributed by atoms with van der Waals surface area (Å²) in [6.45, 7) is 4.56. The van der Waals surface area contributed by atoms with Crippen molar-refractivity contribution in [1.82, 2.24) is 20.8 Å². The average molecular weight is 297 g/mol. The smallest absolute Gasteiger partial charge is 0.251 e. The third-order valence-electron chi connectivity index (χ3n) is 3.61. The molecule has 2 heterocycles. The third-order valence-corrected chi connectivity index (χ3v) is 3.61. The van der Waals surface area contributed by atoms with E-state index < -0.39 is 0 Å². The minimum Gasteiger partial charge on any atom is -0.352 e. The maximum atomic E-state index is 12.2. The SMILES string of the molecule is Cc1ccc(Nc2cccc(C(=O)NCC3CNC3)c2)nn1. The number of rotatable bonds is 5. The molecule has 1 saturated heterocycles. The van der Waals surface area contributed by atoms with Crippen molar-refractivity contribution >= 4 is 17.4 Å². The number of aromatic nitrogens is 2. The zero-order chi connectivity index (χ0) is 15.4. The number of hydrogen-bond acceptors (Lipinski definition) is 5. The fourth-order valence-electron chi connectivity index (χ4n) is 2.18. The maximum Gasteiger partial charge on any atom is 0.251 e. The van der Waals surface area contributed by atoms with E-state index in [1.54, 1.807) is 6.07 Å². The van der Waals surface area contributed by atoms with Crippen LogP contribution in [-0.2, 0) is 0 Å². The van der Waals surface area contributed by atoms with Gasteiger partial charge in [0.05, 0.1) is 5.69 Å². The van der Waals surface area contributed by atoms with Gasteiger partial charge in [0.15, 0.2) is 5.82 Å². The van der Waals surface area contributed by atoms with Crippen molar-refractivity contribution < 1.29 is 4.79 Å². The molecule has 0 bridgehead atoms. The van der Waals surface area contributed by atoms with Gasteiger partial charge in [-0.1, -0.05) is 6.07 Å². The van der Waals surface area contributed by atoms with Crippen molar-refractivity contribution in [3.8, 4) is 0 Å². The Labute approximate surface area is 129 Å². The molecule has 1 aromatic carbocycles. The molecule has 114 valence electrons. The lowest BCUT2D eigenvalue weighted by Crippen LogP contribution is -2.48. The molecule has 0 saturated carbocycles. The first-order chi connectivity index (χ1) is 10.7. The lowest BCUT2D eigenvalue weighted by Gasteiger charge is -2.27. The van der Waals surface area contributed by atoms with Crippen molar-refractivity contribution in [2.24, 2.45) is 5.92 Å². The van der Waals surface area contributed by atoms with Gasteiger partial charge in [0, 0.05) is 36.8 Å². The highest BCUT2D eigenvalue weighted by molar-refractivity contribution is 5.95. The molecule has 6 nitrogen and oxygen atoms in total. The molecule has 0 atom stereocenters. The van der Waals surface area contributed by atoms with Gasteiger partial charge in [-0.3, -0.25) is 4.79 Å². The molecule has 3 rings (SSSR count). The molecule has 0 radical (unpaired) electrons. The number of aryl methyl sites for hydroxylation is 1. The molecule has 1 aliphatic rings. The van der Waals surface area contributed by atoms with Crippen molar-refractivity contribution in [2.45, 2.75) is 6.92 Å². The molecule has 3 N–H and O–H groups in total. The Balaban J connectivity index is 1.63. The largest absolute Gasteiger partial charge is 0.352 e. The number of amides is 1. The molecule has 2 aromatic rings. The Morgan fingerprint density at radius 3 is 2.82 bits per heavy atom. The number of carbonyl (C=O) groups is 1. The zero-order valence-corrected chi connectivity index (χ0v) is 12.5. The summed E-state index contributed by atoms with van der Waals surface area (Å²) in [5.41, 5.74) is 2.32. The molecular weight excluding hydrogens is 278 g/mol. The molecular formula is C16H19N5O. The Bertz CT molecular complexity index is 652. The van der Waals surface area contributed by atoms with Crippen LogP contribution in [0, 0.1) is 12.8 Å². The summed E-state index contributed by atoms with van der Waals surface area (Å²) in [6.07, 6.45) is 0. The van der Waals surface area contributed by atoms with E-state index in [9.17, 15) is 4.79 Å². The van der Waals surface area contributed by atoms with Crippen LogP contribution in [0.2, 0.25) is 0 Å². The van der Waals surface area contributed by atoms with Gasteiger partial charge in [-0.25, -0.2) is 0 Å². The first kappa shape index (κ1) is 14.5. The van der Waals surface area contributed by atoms with E-state index in [0.29, 0.717) is 23.8 Å². The highest BCUT2D eigenvalue weighted by atomic mass is 16.1. The van der Waals surface area contributed by atoms with Crippen LogP contribution in [0.4, 0.5) is 11.5 Å². The van der Waals surface area contributed by atoms with E-state index in [0.717, 1.165) is 24.5 Å². The highest BCUT2D eigenvalue weighted by Crippen LogP contribution is 2.15. The third kappa shape index (κ3) is 3.59. The second-order valence-corrected chi connectivity index (χ2v) is 5.50. The fraction of sp³-hybridized carbons (Fsp3) is 0.312. The Morgan fingerprint density at radius 1 is 1.27 bits per heavy atom. The van der Waals surface area contributed by atoms with E-state index in [1.165, 1.54) is 0 Å². The van der Waals surface area contributed by atoms with E-state index in [1.807, 2.05) is 37.3 Å². The Morgan fingerprint density at radius 2 is 2.14 bits per heavy atom. The summed E-state index contributed by atoms with van der Waals surface area (Å²) in [7, 11) is 0. The lowest BCUT2D eigenvalue weighted by molar-refractivity contribution is 0.0942. The van der Waals surface area contributed by atoms with E-state index >= 15 is 0 Å². The van der Waals surface area contributed by atoms with Gasteiger partial charge in [-0.05, 0) is 37.3 Å². The van der Waals surface area contributed by atoms with E-state index in [2.05, 4.69) is 26.1 Å². The number of anilines is 2. The standard InChI is InChI=1S/C16H19N5O/c1-11-5-6-15(21-20-11)19-14-4-2-3-13(7-14)16(22)18-10-12-8-17-9-12/h2-7,12,17H,8-10H2,1H3,(H,18,22)(H,19,21). The summed E-state index contributed by atoms with van der Waals surface area (Å²) in [6, 6.07) is 11.1. The Hall–Kier alpha value is -2.47. The quantitative estimate of drug-likeness (QED) is 0.779. The summed E-state index contributed by atoms with van der Waals surface area (Å²) < 4.78 is 0. The first-order valence-corrected chi connectivity index (χ1v) is 7.37. The summed E-state index contributed by atoms with van der Waals surface area (Å²) >= 11 is 0. The molecule has 22 heavy (non-hydrogen) atoms. The average Bonchev–Trinajstić information content (AvgIpc) is 2.48. The van der Waals surface area contributed by atoms with Crippen molar-refractivity contribution in [1.29, 1.82) is 0 Å². The van der Waals surface area contributed by atoms with Gasteiger partial charge >= 0.3 is 0 Å². The van der Waals surface area contributed by atoms with Gasteiger partial charge in [0.2, 0.25) is 0 Å². The number of nitrogens with zero attached hydrogens (tertiary/aromatic N) is 2. The van der Waals surface area contributed by atoms with Gasteiger partial charge in [-0.2, -0.15) is 5.10 Å². The number of benzene rings is 1. The van der Waals surface area contributed by atoms with Crippen LogP contribution in [0.3, 0.4) is 0 Å². The highest BCUT2D eigenvalue weighted by Gasteiger charge is 2.17. The minimum atomic E-state index is -0.0504. The topological polar surface area (TPSA) is 78.9 Å².